The number of hydrogen-bond donors (Lipinski definition) is 3. The van der Waals surface area contributed by atoms with E-state index < -0.39 is 16.2 Å². The largest absolute Gasteiger partial charge is 0.388 e. The summed E-state index contributed by atoms with van der Waals surface area (Å²) in [5, 5.41) is 13.6. The zero-order chi connectivity index (χ0) is 25.9. The molecule has 0 aromatic heterocycles. The Morgan fingerprint density at radius 1 is 1.14 bits per heavy atom. The van der Waals surface area contributed by atoms with Gasteiger partial charge in [0, 0.05) is 42.0 Å². The number of aryl methyl sites for hydroxylation is 1. The van der Waals surface area contributed by atoms with Crippen molar-refractivity contribution in [2.45, 2.75) is 57.5 Å². The molecule has 7 nitrogen and oxygen atoms in total. The fourth-order valence-electron chi connectivity index (χ4n) is 5.40. The van der Waals surface area contributed by atoms with Gasteiger partial charge >= 0.3 is 0 Å². The summed E-state index contributed by atoms with van der Waals surface area (Å²) in [4.78, 5) is 2.07. The molecule has 0 amide bonds. The normalized spacial score (nSPS) is 20.7. The maximum Gasteiger partial charge on any atom is 0.294 e. The van der Waals surface area contributed by atoms with Gasteiger partial charge in [0.1, 0.15) is 0 Å². The zero-order valence-electron chi connectivity index (χ0n) is 21.6. The molecule has 2 aliphatic heterocycles. The van der Waals surface area contributed by atoms with Crippen LogP contribution in [-0.4, -0.2) is 50.9 Å². The fourth-order valence-corrected chi connectivity index (χ4v) is 5.92. The van der Waals surface area contributed by atoms with Crippen LogP contribution in [0.15, 0.2) is 47.4 Å². The summed E-state index contributed by atoms with van der Waals surface area (Å²) < 4.78 is 37.1. The molecule has 1 saturated heterocycles. The molecule has 2 aromatic carbocycles. The number of rotatable bonds is 7. The van der Waals surface area contributed by atoms with Crippen molar-refractivity contribution >= 4 is 21.5 Å². The number of aliphatic hydroxyl groups excluding tert-OH is 1. The summed E-state index contributed by atoms with van der Waals surface area (Å²) in [6, 6.07) is 13.2. The molecule has 1 saturated carbocycles. The first-order valence-electron chi connectivity index (χ1n) is 13.0. The topological polar surface area (TPSA) is 99.1 Å². The van der Waals surface area contributed by atoms with Gasteiger partial charge in [0.05, 0.1) is 24.2 Å². The Morgan fingerprint density at radius 2 is 1.83 bits per heavy atom. The number of ether oxygens (including phenoxy) is 1. The smallest absolute Gasteiger partial charge is 0.294 e. The molecule has 3 aliphatic rings. The van der Waals surface area contributed by atoms with E-state index in [9.17, 15) is 18.1 Å². The maximum atomic E-state index is 11.3. The van der Waals surface area contributed by atoms with Crippen molar-refractivity contribution in [3.63, 3.8) is 0 Å². The van der Waals surface area contributed by atoms with Gasteiger partial charge in [-0.3, -0.25) is 4.55 Å². The lowest BCUT2D eigenvalue weighted by Gasteiger charge is -2.54. The highest BCUT2D eigenvalue weighted by atomic mass is 32.2. The third-order valence-corrected chi connectivity index (χ3v) is 8.33. The Morgan fingerprint density at radius 3 is 2.39 bits per heavy atom. The van der Waals surface area contributed by atoms with Gasteiger partial charge in [0.2, 0.25) is 0 Å². The Labute approximate surface area is 215 Å². The summed E-state index contributed by atoms with van der Waals surface area (Å²) >= 11 is 0. The average Bonchev–Trinajstić information content (AvgIpc) is 2.80. The predicted molar refractivity (Wildman–Crippen MR) is 143 cm³/mol. The van der Waals surface area contributed by atoms with E-state index in [1.165, 1.54) is 36.2 Å². The third kappa shape index (κ3) is 6.40. The van der Waals surface area contributed by atoms with Crippen LogP contribution in [0.3, 0.4) is 0 Å². The van der Waals surface area contributed by atoms with Gasteiger partial charge in [0.15, 0.2) is 0 Å². The van der Waals surface area contributed by atoms with Crippen LogP contribution in [0, 0.1) is 17.3 Å². The number of hydrogen-bond acceptors (Lipinski definition) is 6. The molecule has 2 heterocycles. The molecule has 3 N–H and O–H groups in total. The molecule has 198 valence electrons. The van der Waals surface area contributed by atoms with E-state index in [-0.39, 0.29) is 4.90 Å². The molecule has 2 aromatic rings. The second-order valence-electron chi connectivity index (χ2n) is 11.0. The fraction of sp³-hybridized carbons (Fsp3) is 0.571. The summed E-state index contributed by atoms with van der Waals surface area (Å²) in [5.74, 6) is 1.33. The highest BCUT2D eigenvalue weighted by Crippen LogP contribution is 2.51. The molecule has 8 heteroatoms. The van der Waals surface area contributed by atoms with E-state index in [4.69, 9.17) is 4.74 Å². The van der Waals surface area contributed by atoms with Gasteiger partial charge in [-0.15, -0.1) is 0 Å². The molecule has 1 atom stereocenters. The Kier molecular flexibility index (Phi) is 8.29. The van der Waals surface area contributed by atoms with Crippen molar-refractivity contribution in [1.82, 2.24) is 0 Å². The molecule has 1 aliphatic carbocycles. The van der Waals surface area contributed by atoms with Crippen LogP contribution in [0.2, 0.25) is 0 Å². The van der Waals surface area contributed by atoms with Crippen LogP contribution < -0.4 is 10.2 Å². The molecular formula is C28H40N2O5S. The minimum Gasteiger partial charge on any atom is -0.388 e. The second kappa shape index (κ2) is 11.1. The van der Waals surface area contributed by atoms with Crippen LogP contribution in [0.4, 0.5) is 11.4 Å². The Hall–Kier alpha value is -2.13. The standard InChI is InChI=1S/C16H21NO5S.C12H19N/c18-15-3-4-17(8-11-6-16(7-11)9-22-10-16)14-2-1-12(5-13(14)15)23(19,20)21;1-4-11-5-7-12(8-6-11)13-9-10(2)3/h1-2,5,11,15,18H,3-4,6-10H2,(H,19,20,21);5-8,10,13H,4,9H2,1-3H3. The highest BCUT2D eigenvalue weighted by molar-refractivity contribution is 7.85. The van der Waals surface area contributed by atoms with Crippen molar-refractivity contribution in [3.05, 3.63) is 53.6 Å². The van der Waals surface area contributed by atoms with E-state index >= 15 is 0 Å². The molecule has 1 spiro atoms. The molecule has 5 rings (SSSR count). The lowest BCUT2D eigenvalue weighted by Crippen LogP contribution is -2.54. The third-order valence-electron chi connectivity index (χ3n) is 7.48. The zero-order valence-corrected chi connectivity index (χ0v) is 22.4. The summed E-state index contributed by atoms with van der Waals surface area (Å²) in [5.41, 5.74) is 4.52. The van der Waals surface area contributed by atoms with E-state index in [0.29, 0.717) is 29.2 Å². The van der Waals surface area contributed by atoms with E-state index in [2.05, 4.69) is 55.3 Å². The summed E-state index contributed by atoms with van der Waals surface area (Å²) in [6.45, 7) is 11.1. The minimum atomic E-state index is -4.25. The summed E-state index contributed by atoms with van der Waals surface area (Å²) in [7, 11) is -4.25. The number of anilines is 2. The molecule has 1 unspecified atom stereocenters. The predicted octanol–water partition coefficient (Wildman–Crippen LogP) is 4.92. The van der Waals surface area contributed by atoms with Gasteiger partial charge in [-0.25, -0.2) is 0 Å². The van der Waals surface area contributed by atoms with Gasteiger partial charge in [-0.05, 0) is 73.4 Å². The van der Waals surface area contributed by atoms with Gasteiger partial charge in [0.25, 0.3) is 10.1 Å². The number of nitrogens with zero attached hydrogens (tertiary/aromatic N) is 1. The highest BCUT2D eigenvalue weighted by Gasteiger charge is 2.50. The summed E-state index contributed by atoms with van der Waals surface area (Å²) in [6.07, 6.45) is 3.37. The first kappa shape index (κ1) is 26.9. The van der Waals surface area contributed by atoms with Crippen LogP contribution in [0.5, 0.6) is 0 Å². The van der Waals surface area contributed by atoms with Gasteiger partial charge < -0.3 is 20.1 Å². The van der Waals surface area contributed by atoms with E-state index in [0.717, 1.165) is 45.0 Å². The first-order chi connectivity index (χ1) is 17.1. The van der Waals surface area contributed by atoms with Gasteiger partial charge in [-0.1, -0.05) is 32.9 Å². The molecule has 0 radical (unpaired) electrons. The van der Waals surface area contributed by atoms with E-state index in [1.54, 1.807) is 6.07 Å². The number of aliphatic hydroxyl groups is 1. The lowest BCUT2D eigenvalue weighted by atomic mass is 9.60. The van der Waals surface area contributed by atoms with E-state index in [1.807, 2.05) is 0 Å². The van der Waals surface area contributed by atoms with Crippen molar-refractivity contribution in [3.8, 4) is 0 Å². The van der Waals surface area contributed by atoms with Crippen molar-refractivity contribution in [1.29, 1.82) is 0 Å². The Bertz CT molecular complexity index is 1120. The second-order valence-corrected chi connectivity index (χ2v) is 12.5. The SMILES string of the molecule is CCc1ccc(NCC(C)C)cc1.O=S(=O)(O)c1ccc2c(c1)C(O)CCN2CC1CC2(COC2)C1. The van der Waals surface area contributed by atoms with Crippen LogP contribution in [-0.2, 0) is 21.3 Å². The quantitative estimate of drug-likeness (QED) is 0.449. The monoisotopic (exact) mass is 516 g/mol. The molecule has 2 fully saturated rings. The molecule has 36 heavy (non-hydrogen) atoms. The van der Waals surface area contributed by atoms with Crippen molar-refractivity contribution in [2.24, 2.45) is 17.3 Å². The number of nitrogens with one attached hydrogen (secondary N) is 1. The van der Waals surface area contributed by atoms with Crippen LogP contribution in [0.25, 0.3) is 0 Å². The van der Waals surface area contributed by atoms with Crippen molar-refractivity contribution < 1.29 is 22.8 Å². The number of benzene rings is 2. The van der Waals surface area contributed by atoms with Crippen molar-refractivity contribution in [2.75, 3.05) is 43.1 Å². The van der Waals surface area contributed by atoms with Crippen LogP contribution in [0.1, 0.15) is 57.3 Å². The maximum absolute atomic E-state index is 11.3. The van der Waals surface area contributed by atoms with Gasteiger partial charge in [-0.2, -0.15) is 8.42 Å². The molecular weight excluding hydrogens is 476 g/mol. The lowest BCUT2D eigenvalue weighted by molar-refractivity contribution is -0.177. The minimum absolute atomic E-state index is 0.161. The molecule has 0 bridgehead atoms. The number of fused-ring (bicyclic) bond motifs is 1. The van der Waals surface area contributed by atoms with Crippen LogP contribution >= 0.6 is 0 Å². The first-order valence-corrected chi connectivity index (χ1v) is 14.5. The Balaban J connectivity index is 0.000000200. The average molecular weight is 517 g/mol.